The molecule has 3 rings (SSSR count). The van der Waals surface area contributed by atoms with Gasteiger partial charge in [0.25, 0.3) is 0 Å². The fourth-order valence-electron chi connectivity index (χ4n) is 2.85. The summed E-state index contributed by atoms with van der Waals surface area (Å²) in [5.41, 5.74) is 2.40. The van der Waals surface area contributed by atoms with Gasteiger partial charge in [-0.25, -0.2) is 4.98 Å². The molecule has 1 aliphatic carbocycles. The van der Waals surface area contributed by atoms with E-state index in [1.807, 2.05) is 19.1 Å². The van der Waals surface area contributed by atoms with Gasteiger partial charge in [0.2, 0.25) is 5.88 Å². The highest BCUT2D eigenvalue weighted by atomic mass is 35.5. The summed E-state index contributed by atoms with van der Waals surface area (Å²) in [5, 5.41) is 21.0. The average Bonchev–Trinajstić information content (AvgIpc) is 2.89. The van der Waals surface area contributed by atoms with E-state index in [0.29, 0.717) is 34.2 Å². The van der Waals surface area contributed by atoms with Crippen LogP contribution in [0.4, 0.5) is 0 Å². The first-order valence-corrected chi connectivity index (χ1v) is 8.47. The summed E-state index contributed by atoms with van der Waals surface area (Å²) >= 11 is 11.9. The van der Waals surface area contributed by atoms with E-state index in [-0.39, 0.29) is 11.6 Å². The fourth-order valence-corrected chi connectivity index (χ4v) is 3.27. The van der Waals surface area contributed by atoms with Crippen LogP contribution in [0.15, 0.2) is 36.2 Å². The van der Waals surface area contributed by atoms with Crippen molar-refractivity contribution in [3.8, 4) is 11.6 Å². The Labute approximate surface area is 150 Å². The standard InChI is InChI=1S/C18H17Cl2NO3/c1-2-10-3-4-12(24-18-14(20)7-11(19)9-21-18)8-13(10)17-15(22)5-6-16(17)23/h3-4,7-9,15,22-23H,2,5-6H2,1H3. The fraction of sp³-hybridized carbons (Fsp3) is 0.278. The maximum Gasteiger partial charge on any atom is 0.238 e. The summed E-state index contributed by atoms with van der Waals surface area (Å²) in [6.45, 7) is 2.02. The second kappa shape index (κ2) is 7.01. The quantitative estimate of drug-likeness (QED) is 0.784. The molecule has 1 unspecified atom stereocenters. The zero-order valence-corrected chi connectivity index (χ0v) is 14.6. The van der Waals surface area contributed by atoms with Gasteiger partial charge in [-0.15, -0.1) is 0 Å². The Balaban J connectivity index is 1.99. The Hall–Kier alpha value is -1.75. The molecule has 1 aromatic carbocycles. The molecule has 0 radical (unpaired) electrons. The van der Waals surface area contributed by atoms with Crippen molar-refractivity contribution in [2.45, 2.75) is 32.3 Å². The molecule has 6 heteroatoms. The second-order valence-electron chi connectivity index (χ2n) is 5.63. The van der Waals surface area contributed by atoms with Gasteiger partial charge in [0, 0.05) is 18.2 Å². The molecule has 0 amide bonds. The van der Waals surface area contributed by atoms with Gasteiger partial charge in [0.1, 0.15) is 10.8 Å². The largest absolute Gasteiger partial charge is 0.512 e. The first kappa shape index (κ1) is 17.1. The summed E-state index contributed by atoms with van der Waals surface area (Å²) in [6.07, 6.45) is 2.58. The van der Waals surface area contributed by atoms with Gasteiger partial charge in [-0.05, 0) is 42.2 Å². The molecule has 0 saturated carbocycles. The normalized spacial score (nSPS) is 17.4. The monoisotopic (exact) mass is 365 g/mol. The van der Waals surface area contributed by atoms with Crippen LogP contribution in [0.3, 0.4) is 0 Å². The van der Waals surface area contributed by atoms with E-state index < -0.39 is 6.10 Å². The number of ether oxygens (including phenoxy) is 1. The number of aryl methyl sites for hydroxylation is 1. The number of halogens is 2. The van der Waals surface area contributed by atoms with Crippen LogP contribution >= 0.6 is 23.2 Å². The molecular weight excluding hydrogens is 349 g/mol. The smallest absolute Gasteiger partial charge is 0.238 e. The Morgan fingerprint density at radius 3 is 2.71 bits per heavy atom. The van der Waals surface area contributed by atoms with Crippen molar-refractivity contribution in [2.75, 3.05) is 0 Å². The van der Waals surface area contributed by atoms with E-state index in [1.54, 1.807) is 12.1 Å². The Morgan fingerprint density at radius 2 is 2.08 bits per heavy atom. The highest BCUT2D eigenvalue weighted by Gasteiger charge is 2.26. The van der Waals surface area contributed by atoms with Gasteiger partial charge in [0.05, 0.1) is 16.9 Å². The highest BCUT2D eigenvalue weighted by molar-refractivity contribution is 6.35. The summed E-state index contributed by atoms with van der Waals surface area (Å²) in [5.74, 6) is 1.01. The van der Waals surface area contributed by atoms with Crippen molar-refractivity contribution < 1.29 is 14.9 Å². The number of aromatic nitrogens is 1. The van der Waals surface area contributed by atoms with Crippen LogP contribution in [0.1, 0.15) is 30.9 Å². The Morgan fingerprint density at radius 1 is 1.29 bits per heavy atom. The molecule has 1 atom stereocenters. The van der Waals surface area contributed by atoms with Gasteiger partial charge in [0.15, 0.2) is 0 Å². The SMILES string of the molecule is CCc1ccc(Oc2ncc(Cl)cc2Cl)cc1C1=C(O)CCC1O. The number of nitrogens with zero attached hydrogens (tertiary/aromatic N) is 1. The van der Waals surface area contributed by atoms with Gasteiger partial charge in [-0.1, -0.05) is 36.2 Å². The number of allylic oxidation sites excluding steroid dienone is 1. The number of benzene rings is 1. The molecule has 4 nitrogen and oxygen atoms in total. The number of aliphatic hydroxyl groups excluding tert-OH is 2. The average molecular weight is 366 g/mol. The molecule has 24 heavy (non-hydrogen) atoms. The molecule has 2 aromatic rings. The van der Waals surface area contributed by atoms with Crippen molar-refractivity contribution >= 4 is 28.8 Å². The molecule has 126 valence electrons. The number of rotatable bonds is 4. The molecule has 0 fully saturated rings. The second-order valence-corrected chi connectivity index (χ2v) is 6.47. The van der Waals surface area contributed by atoms with E-state index in [4.69, 9.17) is 27.9 Å². The van der Waals surface area contributed by atoms with Gasteiger partial charge < -0.3 is 14.9 Å². The number of hydrogen-bond acceptors (Lipinski definition) is 4. The summed E-state index contributed by atoms with van der Waals surface area (Å²) in [6, 6.07) is 7.08. The van der Waals surface area contributed by atoms with E-state index in [9.17, 15) is 10.2 Å². The Kier molecular flexibility index (Phi) is 4.99. The van der Waals surface area contributed by atoms with E-state index in [0.717, 1.165) is 17.5 Å². The van der Waals surface area contributed by atoms with Crippen molar-refractivity contribution in [1.29, 1.82) is 0 Å². The van der Waals surface area contributed by atoms with Gasteiger partial charge >= 0.3 is 0 Å². The van der Waals surface area contributed by atoms with E-state index in [1.165, 1.54) is 6.20 Å². The van der Waals surface area contributed by atoms with Crippen LogP contribution in [-0.2, 0) is 6.42 Å². The third kappa shape index (κ3) is 3.36. The highest BCUT2D eigenvalue weighted by Crippen LogP contribution is 2.37. The number of aliphatic hydroxyl groups is 2. The lowest BCUT2D eigenvalue weighted by atomic mass is 9.95. The van der Waals surface area contributed by atoms with Crippen LogP contribution in [0.5, 0.6) is 11.6 Å². The maximum atomic E-state index is 10.2. The van der Waals surface area contributed by atoms with Crippen LogP contribution in [0, 0.1) is 0 Å². The third-order valence-corrected chi connectivity index (χ3v) is 4.52. The van der Waals surface area contributed by atoms with Crippen molar-refractivity contribution in [1.82, 2.24) is 4.98 Å². The van der Waals surface area contributed by atoms with Gasteiger partial charge in [-0.2, -0.15) is 0 Å². The lowest BCUT2D eigenvalue weighted by Gasteiger charge is -2.15. The number of hydrogen-bond donors (Lipinski definition) is 2. The van der Waals surface area contributed by atoms with E-state index in [2.05, 4.69) is 4.98 Å². The lowest BCUT2D eigenvalue weighted by Crippen LogP contribution is -2.06. The maximum absolute atomic E-state index is 10.2. The minimum Gasteiger partial charge on any atom is -0.512 e. The lowest BCUT2D eigenvalue weighted by molar-refractivity contribution is 0.230. The van der Waals surface area contributed by atoms with Crippen LogP contribution in [0.2, 0.25) is 10.0 Å². The first-order chi connectivity index (χ1) is 11.5. The molecule has 0 saturated heterocycles. The third-order valence-electron chi connectivity index (χ3n) is 4.04. The predicted octanol–water partition coefficient (Wildman–Crippen LogP) is 5.17. The zero-order valence-electron chi connectivity index (χ0n) is 13.1. The van der Waals surface area contributed by atoms with Crippen molar-refractivity contribution in [2.24, 2.45) is 0 Å². The zero-order chi connectivity index (χ0) is 17.3. The van der Waals surface area contributed by atoms with E-state index >= 15 is 0 Å². The molecule has 2 N–H and O–H groups in total. The Bertz CT molecular complexity index is 805. The molecular formula is C18H17Cl2NO3. The summed E-state index contributed by atoms with van der Waals surface area (Å²) in [4.78, 5) is 4.08. The molecule has 1 aliphatic rings. The molecule has 1 aromatic heterocycles. The molecule has 0 spiro atoms. The minimum absolute atomic E-state index is 0.233. The number of pyridine rings is 1. The molecule has 1 heterocycles. The van der Waals surface area contributed by atoms with Crippen molar-refractivity contribution in [3.63, 3.8) is 0 Å². The van der Waals surface area contributed by atoms with Gasteiger partial charge in [-0.3, -0.25) is 0 Å². The minimum atomic E-state index is -0.664. The first-order valence-electron chi connectivity index (χ1n) is 7.72. The summed E-state index contributed by atoms with van der Waals surface area (Å²) in [7, 11) is 0. The molecule has 0 bridgehead atoms. The van der Waals surface area contributed by atoms with Crippen LogP contribution in [-0.4, -0.2) is 21.3 Å². The van der Waals surface area contributed by atoms with Crippen LogP contribution < -0.4 is 4.74 Å². The summed E-state index contributed by atoms with van der Waals surface area (Å²) < 4.78 is 5.75. The topological polar surface area (TPSA) is 62.6 Å². The van der Waals surface area contributed by atoms with Crippen molar-refractivity contribution in [3.05, 3.63) is 57.4 Å². The van der Waals surface area contributed by atoms with Crippen LogP contribution in [0.25, 0.3) is 5.57 Å². The predicted molar refractivity (Wildman–Crippen MR) is 94.9 cm³/mol. The molecule has 0 aliphatic heterocycles.